The van der Waals surface area contributed by atoms with Crippen molar-refractivity contribution in [1.29, 1.82) is 0 Å². The van der Waals surface area contributed by atoms with Gasteiger partial charge >= 0.3 is 11.0 Å². The number of hydrogen-bond acceptors (Lipinski definition) is 7. The van der Waals surface area contributed by atoms with Gasteiger partial charge in [-0.3, -0.25) is 14.9 Å². The molecule has 122 valence electrons. The minimum Gasteiger partial charge on any atom is -0.453 e. The van der Waals surface area contributed by atoms with Crippen molar-refractivity contribution in [3.05, 3.63) is 61.8 Å². The molecule has 0 aliphatic rings. The molecule has 0 saturated heterocycles. The monoisotopic (exact) mass is 361 g/mol. The Kier molecular flexibility index (Phi) is 4.41. The molecule has 0 radical (unpaired) electrons. The van der Waals surface area contributed by atoms with Crippen molar-refractivity contribution in [1.82, 2.24) is 0 Å². The number of hydrogen-bond donors (Lipinski definition) is 0. The summed E-state index contributed by atoms with van der Waals surface area (Å²) in [5.41, 5.74) is 0.864. The second-order valence-corrected chi connectivity index (χ2v) is 7.06. The Hall–Kier alpha value is -2.58. The number of ether oxygens (including phenoxy) is 1. The third-order valence-electron chi connectivity index (χ3n) is 3.40. The predicted octanol–water partition coefficient (Wildman–Crippen LogP) is 4.22. The Morgan fingerprint density at radius 3 is 2.58 bits per heavy atom. The molecule has 3 rings (SSSR count). The number of carbonyl (C=O) groups excluding carboxylic acids is 2. The molecule has 0 fully saturated rings. The number of aryl methyl sites for hydroxylation is 1. The number of fused-ring (bicyclic) bond motifs is 1. The van der Waals surface area contributed by atoms with E-state index in [1.165, 1.54) is 23.5 Å². The highest BCUT2D eigenvalue weighted by Crippen LogP contribution is 2.31. The first-order valence-corrected chi connectivity index (χ1v) is 8.53. The molecule has 0 bridgehead atoms. The van der Waals surface area contributed by atoms with Gasteiger partial charge in [-0.1, -0.05) is 29.5 Å². The minimum atomic E-state index is -0.736. The Morgan fingerprint density at radius 1 is 1.17 bits per heavy atom. The van der Waals surface area contributed by atoms with E-state index in [9.17, 15) is 19.7 Å². The molecular weight excluding hydrogens is 350 g/mol. The summed E-state index contributed by atoms with van der Waals surface area (Å²) >= 11 is 2.08. The lowest BCUT2D eigenvalue weighted by Gasteiger charge is -2.02. The number of ketones is 1. The molecule has 2 aromatic heterocycles. The summed E-state index contributed by atoms with van der Waals surface area (Å²) in [7, 11) is 0. The molecule has 0 unspecified atom stereocenters. The molecule has 2 heterocycles. The number of esters is 1. The van der Waals surface area contributed by atoms with Crippen LogP contribution in [-0.2, 0) is 4.74 Å². The molecule has 8 heteroatoms. The average molecular weight is 361 g/mol. The van der Waals surface area contributed by atoms with Gasteiger partial charge in [0.2, 0.25) is 5.78 Å². The van der Waals surface area contributed by atoms with E-state index in [-0.39, 0.29) is 15.7 Å². The molecule has 0 spiro atoms. The number of nitro groups is 1. The molecule has 0 aliphatic heterocycles. The van der Waals surface area contributed by atoms with Crippen LogP contribution in [0.4, 0.5) is 5.00 Å². The lowest BCUT2D eigenvalue weighted by atomic mass is 10.1. The van der Waals surface area contributed by atoms with Gasteiger partial charge in [0.05, 0.1) is 9.80 Å². The van der Waals surface area contributed by atoms with Crippen molar-refractivity contribution in [2.45, 2.75) is 6.92 Å². The molecule has 1 aromatic carbocycles. The average Bonchev–Trinajstić information content (AvgIpc) is 3.18. The van der Waals surface area contributed by atoms with Gasteiger partial charge in [-0.15, -0.1) is 11.3 Å². The van der Waals surface area contributed by atoms with Crippen molar-refractivity contribution in [3.8, 4) is 0 Å². The maximum absolute atomic E-state index is 12.3. The first-order chi connectivity index (χ1) is 11.5. The summed E-state index contributed by atoms with van der Waals surface area (Å²) in [4.78, 5) is 34.9. The van der Waals surface area contributed by atoms with Gasteiger partial charge < -0.3 is 4.74 Å². The third kappa shape index (κ3) is 3.06. The second kappa shape index (κ2) is 6.50. The van der Waals surface area contributed by atoms with Gasteiger partial charge in [0.15, 0.2) is 6.61 Å². The number of Topliss-reactive ketones (excluding diaryl/α,β-unsaturated/α-hetero) is 1. The Balaban J connectivity index is 1.71. The Morgan fingerprint density at radius 2 is 1.92 bits per heavy atom. The highest BCUT2D eigenvalue weighted by molar-refractivity contribution is 7.21. The van der Waals surface area contributed by atoms with Crippen molar-refractivity contribution >= 4 is 49.5 Å². The molecule has 0 amide bonds. The van der Waals surface area contributed by atoms with Crippen LogP contribution in [0.5, 0.6) is 0 Å². The van der Waals surface area contributed by atoms with Gasteiger partial charge in [0, 0.05) is 10.8 Å². The van der Waals surface area contributed by atoms with Gasteiger partial charge in [0.1, 0.15) is 4.88 Å². The molecule has 6 nitrogen and oxygen atoms in total. The Labute approximate surface area is 144 Å². The molecule has 0 aliphatic carbocycles. The summed E-state index contributed by atoms with van der Waals surface area (Å²) in [6.45, 7) is 1.47. The van der Waals surface area contributed by atoms with Crippen LogP contribution >= 0.6 is 22.7 Å². The largest absolute Gasteiger partial charge is 0.453 e. The van der Waals surface area contributed by atoms with Crippen LogP contribution in [-0.4, -0.2) is 23.3 Å². The lowest BCUT2D eigenvalue weighted by molar-refractivity contribution is -0.380. The maximum atomic E-state index is 12.3. The standard InChI is InChI=1S/C16H11NO5S2/c1-9-10-4-2-3-5-12(10)24-15(9)11(18)8-22-16(19)13-6-7-14(23-13)17(20)21/h2-7H,8H2,1H3. The maximum Gasteiger partial charge on any atom is 0.349 e. The first kappa shape index (κ1) is 16.3. The van der Waals surface area contributed by atoms with Crippen molar-refractivity contribution in [2.24, 2.45) is 0 Å². The zero-order valence-corrected chi connectivity index (χ0v) is 14.1. The summed E-state index contributed by atoms with van der Waals surface area (Å²) in [6.07, 6.45) is 0. The van der Waals surface area contributed by atoms with Gasteiger partial charge in [0.25, 0.3) is 0 Å². The van der Waals surface area contributed by atoms with Crippen LogP contribution in [0.25, 0.3) is 10.1 Å². The molecule has 0 N–H and O–H groups in total. The Bertz CT molecular complexity index is 956. The SMILES string of the molecule is Cc1c(C(=O)COC(=O)c2ccc([N+](=O)[O-])s2)sc2ccccc12. The van der Waals surface area contributed by atoms with E-state index in [1.54, 1.807) is 0 Å². The smallest absolute Gasteiger partial charge is 0.349 e. The molecular formula is C16H11NO5S2. The molecule has 0 saturated carbocycles. The van der Waals surface area contributed by atoms with Crippen LogP contribution in [0.2, 0.25) is 0 Å². The molecule has 0 atom stereocenters. The van der Waals surface area contributed by atoms with Gasteiger partial charge in [-0.2, -0.15) is 0 Å². The molecule has 3 aromatic rings. The molecule has 24 heavy (non-hydrogen) atoms. The predicted molar refractivity (Wildman–Crippen MR) is 92.1 cm³/mol. The van der Waals surface area contributed by atoms with Crippen LogP contribution in [0.15, 0.2) is 36.4 Å². The topological polar surface area (TPSA) is 86.5 Å². The first-order valence-electron chi connectivity index (χ1n) is 6.90. The van der Waals surface area contributed by atoms with Crippen LogP contribution in [0, 0.1) is 17.0 Å². The normalized spacial score (nSPS) is 10.7. The van der Waals surface area contributed by atoms with Gasteiger partial charge in [-0.25, -0.2) is 4.79 Å². The van der Waals surface area contributed by atoms with E-state index in [0.717, 1.165) is 27.0 Å². The van der Waals surface area contributed by atoms with Gasteiger partial charge in [-0.05, 0) is 30.0 Å². The second-order valence-electron chi connectivity index (χ2n) is 4.95. The number of benzene rings is 1. The quantitative estimate of drug-likeness (QED) is 0.294. The van der Waals surface area contributed by atoms with E-state index in [1.807, 2.05) is 31.2 Å². The fourth-order valence-corrected chi connectivity index (χ4v) is 4.09. The fourth-order valence-electron chi connectivity index (χ4n) is 2.24. The van der Waals surface area contributed by atoms with Crippen LogP contribution in [0.1, 0.15) is 24.9 Å². The highest BCUT2D eigenvalue weighted by atomic mass is 32.1. The van der Waals surface area contributed by atoms with Crippen LogP contribution in [0.3, 0.4) is 0 Å². The summed E-state index contributed by atoms with van der Waals surface area (Å²) < 4.78 is 5.99. The summed E-state index contributed by atoms with van der Waals surface area (Å²) in [5.74, 6) is -1.02. The van der Waals surface area contributed by atoms with E-state index < -0.39 is 17.5 Å². The highest BCUT2D eigenvalue weighted by Gasteiger charge is 2.20. The zero-order valence-electron chi connectivity index (χ0n) is 12.5. The fraction of sp³-hybridized carbons (Fsp3) is 0.125. The van der Waals surface area contributed by atoms with E-state index >= 15 is 0 Å². The van der Waals surface area contributed by atoms with E-state index in [0.29, 0.717) is 4.88 Å². The number of carbonyl (C=O) groups is 2. The van der Waals surface area contributed by atoms with Crippen molar-refractivity contribution < 1.29 is 19.2 Å². The zero-order chi connectivity index (χ0) is 17.3. The third-order valence-corrected chi connectivity index (χ3v) is 5.74. The van der Waals surface area contributed by atoms with Crippen molar-refractivity contribution in [2.75, 3.05) is 6.61 Å². The van der Waals surface area contributed by atoms with E-state index in [4.69, 9.17) is 4.74 Å². The minimum absolute atomic E-state index is 0.0996. The van der Waals surface area contributed by atoms with Crippen molar-refractivity contribution in [3.63, 3.8) is 0 Å². The summed E-state index contributed by atoms with van der Waals surface area (Å²) in [6, 6.07) is 10.2. The lowest BCUT2D eigenvalue weighted by Crippen LogP contribution is -2.13. The number of rotatable bonds is 5. The number of thiophene rings is 2. The van der Waals surface area contributed by atoms with E-state index in [2.05, 4.69) is 0 Å². The number of nitrogens with zero attached hydrogens (tertiary/aromatic N) is 1. The summed E-state index contributed by atoms with van der Waals surface area (Å²) in [5, 5.41) is 11.5. The van der Waals surface area contributed by atoms with Crippen LogP contribution < -0.4 is 0 Å².